The van der Waals surface area contributed by atoms with E-state index in [1.807, 2.05) is 0 Å². The second-order valence-electron chi connectivity index (χ2n) is 4.08. The fraction of sp³-hybridized carbons (Fsp3) is 1.00. The Kier molecular flexibility index (Phi) is 1.86. The van der Waals surface area contributed by atoms with E-state index in [2.05, 4.69) is 0 Å². The molecule has 1 heterocycles. The van der Waals surface area contributed by atoms with Gasteiger partial charge in [0.2, 0.25) is 0 Å². The number of hydrogen-bond acceptors (Lipinski definition) is 2. The topological polar surface area (TPSA) is 29.3 Å². The molecule has 1 saturated carbocycles. The van der Waals surface area contributed by atoms with Crippen molar-refractivity contribution < 1.29 is 13.2 Å². The molecule has 1 aliphatic heterocycles. The highest BCUT2D eigenvalue weighted by molar-refractivity contribution is 5.09. The Morgan fingerprint density at radius 2 is 1.77 bits per heavy atom. The van der Waals surface area contributed by atoms with Crippen LogP contribution in [-0.2, 0) is 0 Å². The predicted molar refractivity (Wildman–Crippen MR) is 42.0 cm³/mol. The average molecular weight is 194 g/mol. The van der Waals surface area contributed by atoms with E-state index < -0.39 is 12.2 Å². The van der Waals surface area contributed by atoms with Crippen LogP contribution in [0.1, 0.15) is 6.92 Å². The minimum absolute atomic E-state index is 0.164. The Balaban J connectivity index is 1.91. The fourth-order valence-corrected chi connectivity index (χ4v) is 2.13. The maximum absolute atomic E-state index is 12.3. The minimum Gasteiger partial charge on any atom is -0.327 e. The van der Waals surface area contributed by atoms with Crippen molar-refractivity contribution in [2.45, 2.75) is 25.2 Å². The van der Waals surface area contributed by atoms with Crippen LogP contribution in [0.4, 0.5) is 13.2 Å². The fourth-order valence-electron chi connectivity index (χ4n) is 2.13. The molecule has 2 N–H and O–H groups in total. The average Bonchev–Trinajstić information content (AvgIpc) is 2.51. The van der Waals surface area contributed by atoms with Gasteiger partial charge in [0, 0.05) is 19.1 Å². The lowest BCUT2D eigenvalue weighted by atomic mass is 10.2. The van der Waals surface area contributed by atoms with Gasteiger partial charge in [0.25, 0.3) is 0 Å². The summed E-state index contributed by atoms with van der Waals surface area (Å²) in [5.74, 6) is 0.648. The molecule has 0 amide bonds. The number of fused-ring (bicyclic) bond motifs is 1. The van der Waals surface area contributed by atoms with Crippen molar-refractivity contribution in [3.8, 4) is 0 Å². The number of halogens is 3. The SMILES string of the molecule is CC(N1CC2C(N)C2C1)C(F)(F)F. The molecule has 0 spiro atoms. The first kappa shape index (κ1) is 9.27. The van der Waals surface area contributed by atoms with Gasteiger partial charge in [-0.05, 0) is 18.8 Å². The van der Waals surface area contributed by atoms with Gasteiger partial charge in [-0.25, -0.2) is 0 Å². The number of rotatable bonds is 1. The van der Waals surface area contributed by atoms with Gasteiger partial charge in [-0.15, -0.1) is 0 Å². The number of hydrogen-bond donors (Lipinski definition) is 1. The molecule has 13 heavy (non-hydrogen) atoms. The smallest absolute Gasteiger partial charge is 0.327 e. The molecule has 1 aliphatic carbocycles. The van der Waals surface area contributed by atoms with E-state index in [4.69, 9.17) is 5.73 Å². The van der Waals surface area contributed by atoms with E-state index in [-0.39, 0.29) is 6.04 Å². The zero-order valence-corrected chi connectivity index (χ0v) is 7.38. The van der Waals surface area contributed by atoms with Crippen LogP contribution in [0, 0.1) is 11.8 Å². The third kappa shape index (κ3) is 1.44. The molecule has 2 rings (SSSR count). The van der Waals surface area contributed by atoms with Crippen LogP contribution in [0.15, 0.2) is 0 Å². The summed E-state index contributed by atoms with van der Waals surface area (Å²) in [6.07, 6.45) is -4.10. The summed E-state index contributed by atoms with van der Waals surface area (Å²) in [7, 11) is 0. The van der Waals surface area contributed by atoms with E-state index in [9.17, 15) is 13.2 Å². The van der Waals surface area contributed by atoms with Crippen LogP contribution in [-0.4, -0.2) is 36.2 Å². The lowest BCUT2D eigenvalue weighted by molar-refractivity contribution is -0.177. The summed E-state index contributed by atoms with van der Waals surface area (Å²) in [6, 6.07) is -1.15. The molecular formula is C8H13F3N2. The molecule has 76 valence electrons. The minimum atomic E-state index is -4.10. The second kappa shape index (κ2) is 2.60. The number of piperidine rings is 1. The Bertz CT molecular complexity index is 204. The first-order chi connectivity index (χ1) is 5.91. The van der Waals surface area contributed by atoms with Crippen LogP contribution in [0.5, 0.6) is 0 Å². The molecule has 2 aliphatic rings. The highest BCUT2D eigenvalue weighted by atomic mass is 19.4. The molecule has 3 atom stereocenters. The van der Waals surface area contributed by atoms with Crippen molar-refractivity contribution in [1.29, 1.82) is 0 Å². The van der Waals surface area contributed by atoms with Crippen LogP contribution in [0.25, 0.3) is 0 Å². The molecule has 0 aromatic carbocycles. The van der Waals surface area contributed by atoms with E-state index in [0.717, 1.165) is 0 Å². The van der Waals surface area contributed by atoms with Gasteiger partial charge in [-0.2, -0.15) is 13.2 Å². The monoisotopic (exact) mass is 194 g/mol. The summed E-state index contributed by atoms with van der Waals surface area (Å²) in [5.41, 5.74) is 5.64. The van der Waals surface area contributed by atoms with Gasteiger partial charge in [0.15, 0.2) is 0 Å². The Labute approximate surface area is 74.9 Å². The van der Waals surface area contributed by atoms with Crippen LogP contribution in [0.3, 0.4) is 0 Å². The first-order valence-electron chi connectivity index (χ1n) is 4.47. The predicted octanol–water partition coefficient (Wildman–Crippen LogP) is 0.826. The summed E-state index contributed by atoms with van der Waals surface area (Å²) in [5, 5.41) is 0. The summed E-state index contributed by atoms with van der Waals surface area (Å²) < 4.78 is 36.8. The number of alkyl halides is 3. The quantitative estimate of drug-likeness (QED) is 0.669. The largest absolute Gasteiger partial charge is 0.403 e. The van der Waals surface area contributed by atoms with E-state index in [1.165, 1.54) is 11.8 Å². The third-order valence-corrected chi connectivity index (χ3v) is 3.31. The molecule has 5 heteroatoms. The van der Waals surface area contributed by atoms with Crippen molar-refractivity contribution in [2.75, 3.05) is 13.1 Å². The van der Waals surface area contributed by atoms with Gasteiger partial charge < -0.3 is 5.73 Å². The van der Waals surface area contributed by atoms with Crippen molar-refractivity contribution in [2.24, 2.45) is 17.6 Å². The normalized spacial score (nSPS) is 41.8. The highest BCUT2D eigenvalue weighted by Gasteiger charge is 2.56. The molecule has 3 unspecified atom stereocenters. The molecule has 0 aromatic heterocycles. The van der Waals surface area contributed by atoms with E-state index in [1.54, 1.807) is 0 Å². The van der Waals surface area contributed by atoms with Gasteiger partial charge >= 0.3 is 6.18 Å². The lowest BCUT2D eigenvalue weighted by Crippen LogP contribution is -2.44. The molecule has 0 radical (unpaired) electrons. The standard InChI is InChI=1S/C8H13F3N2/c1-4(8(9,10)11)13-2-5-6(3-13)7(5)12/h4-7H,2-3,12H2,1H3. The molecule has 2 fully saturated rings. The van der Waals surface area contributed by atoms with E-state index in [0.29, 0.717) is 24.9 Å². The summed E-state index contributed by atoms with van der Waals surface area (Å²) in [6.45, 7) is 2.26. The van der Waals surface area contributed by atoms with Crippen molar-refractivity contribution in [1.82, 2.24) is 4.90 Å². The zero-order valence-electron chi connectivity index (χ0n) is 7.38. The Morgan fingerprint density at radius 1 is 1.31 bits per heavy atom. The maximum atomic E-state index is 12.3. The first-order valence-corrected chi connectivity index (χ1v) is 4.47. The second-order valence-corrected chi connectivity index (χ2v) is 4.08. The van der Waals surface area contributed by atoms with Crippen molar-refractivity contribution in [3.63, 3.8) is 0 Å². The van der Waals surface area contributed by atoms with Gasteiger partial charge in [-0.3, -0.25) is 4.90 Å². The lowest BCUT2D eigenvalue weighted by Gasteiger charge is -2.27. The summed E-state index contributed by atoms with van der Waals surface area (Å²) in [4.78, 5) is 1.48. The molecular weight excluding hydrogens is 181 g/mol. The maximum Gasteiger partial charge on any atom is 0.403 e. The Morgan fingerprint density at radius 3 is 2.15 bits per heavy atom. The van der Waals surface area contributed by atoms with Crippen molar-refractivity contribution >= 4 is 0 Å². The van der Waals surface area contributed by atoms with Gasteiger partial charge in [-0.1, -0.05) is 0 Å². The highest BCUT2D eigenvalue weighted by Crippen LogP contribution is 2.45. The number of likely N-dealkylation sites (tertiary alicyclic amines) is 1. The van der Waals surface area contributed by atoms with Gasteiger partial charge in [0.05, 0.1) is 0 Å². The Hall–Kier alpha value is -0.290. The zero-order chi connectivity index (χ0) is 9.80. The third-order valence-electron chi connectivity index (χ3n) is 3.31. The summed E-state index contributed by atoms with van der Waals surface area (Å²) >= 11 is 0. The molecule has 1 saturated heterocycles. The number of nitrogens with two attached hydrogens (primary N) is 1. The molecule has 0 aromatic rings. The van der Waals surface area contributed by atoms with E-state index >= 15 is 0 Å². The number of nitrogens with zero attached hydrogens (tertiary/aromatic N) is 1. The van der Waals surface area contributed by atoms with Crippen LogP contribution in [0.2, 0.25) is 0 Å². The van der Waals surface area contributed by atoms with Crippen LogP contribution >= 0.6 is 0 Å². The van der Waals surface area contributed by atoms with Gasteiger partial charge in [0.1, 0.15) is 6.04 Å². The van der Waals surface area contributed by atoms with Crippen LogP contribution < -0.4 is 5.73 Å². The molecule has 2 nitrogen and oxygen atoms in total. The van der Waals surface area contributed by atoms with Crippen molar-refractivity contribution in [3.05, 3.63) is 0 Å². The molecule has 0 bridgehead atoms.